The van der Waals surface area contributed by atoms with Crippen molar-refractivity contribution in [2.24, 2.45) is 0 Å². The van der Waals surface area contributed by atoms with Gasteiger partial charge in [0.05, 0.1) is 16.2 Å². The average molecular weight is 462 g/mol. The number of carbonyl (C=O) groups is 1. The maximum absolute atomic E-state index is 13.3. The molecule has 0 spiro atoms. The highest BCUT2D eigenvalue weighted by Crippen LogP contribution is 2.37. The Labute approximate surface area is 183 Å². The molecule has 1 N–H and O–H groups in total. The van der Waals surface area contributed by atoms with Crippen molar-refractivity contribution in [3.05, 3.63) is 86.6 Å². The van der Waals surface area contributed by atoms with Crippen LogP contribution in [0.5, 0.6) is 0 Å². The second kappa shape index (κ2) is 8.95. The molecular weight excluding hydrogens is 451 g/mol. The van der Waals surface area contributed by atoms with Crippen LogP contribution in [-0.4, -0.2) is 10.8 Å². The zero-order valence-electron chi connectivity index (χ0n) is 15.8. The van der Waals surface area contributed by atoms with Gasteiger partial charge in [0.1, 0.15) is 23.2 Å². The Balaban J connectivity index is 1.88. The molecule has 7 nitrogen and oxygen atoms in total. The summed E-state index contributed by atoms with van der Waals surface area (Å²) in [6, 6.07) is 13.2. The zero-order valence-corrected chi connectivity index (χ0v) is 16.6. The van der Waals surface area contributed by atoms with Crippen molar-refractivity contribution >= 4 is 35.0 Å². The minimum Gasteiger partial charge on any atom is -0.457 e. The van der Waals surface area contributed by atoms with Gasteiger partial charge in [0.2, 0.25) is 0 Å². The molecule has 0 unspecified atom stereocenters. The lowest BCUT2D eigenvalue weighted by molar-refractivity contribution is -0.385. The van der Waals surface area contributed by atoms with E-state index in [4.69, 9.17) is 16.0 Å². The van der Waals surface area contributed by atoms with Gasteiger partial charge in [-0.05, 0) is 30.3 Å². The fourth-order valence-corrected chi connectivity index (χ4v) is 2.89. The number of alkyl halides is 3. The fraction of sp³-hybridized carbons (Fsp3) is 0.0476. The van der Waals surface area contributed by atoms with Crippen LogP contribution >= 0.6 is 11.6 Å². The summed E-state index contributed by atoms with van der Waals surface area (Å²) in [4.78, 5) is 22.2. The number of anilines is 1. The van der Waals surface area contributed by atoms with Crippen LogP contribution in [0.1, 0.15) is 11.3 Å². The molecular formula is C21H11ClF3N3O4. The van der Waals surface area contributed by atoms with E-state index in [0.717, 1.165) is 18.2 Å². The number of nitrogens with zero attached hydrogens (tertiary/aromatic N) is 2. The summed E-state index contributed by atoms with van der Waals surface area (Å²) in [6.07, 6.45) is -3.92. The minimum atomic E-state index is -4.97. The molecule has 3 rings (SSSR count). The molecule has 0 aliphatic rings. The van der Waals surface area contributed by atoms with Gasteiger partial charge in [-0.2, -0.15) is 18.4 Å². The molecule has 0 bridgehead atoms. The Kier molecular flexibility index (Phi) is 6.32. The number of rotatable bonds is 5. The first-order chi connectivity index (χ1) is 15.1. The van der Waals surface area contributed by atoms with Gasteiger partial charge >= 0.3 is 6.18 Å². The molecule has 0 saturated heterocycles. The number of nitrogens with one attached hydrogen (secondary N) is 1. The average Bonchev–Trinajstić information content (AvgIpc) is 3.20. The molecule has 162 valence electrons. The highest BCUT2D eigenvalue weighted by atomic mass is 35.5. The van der Waals surface area contributed by atoms with E-state index in [0.29, 0.717) is 22.4 Å². The maximum Gasteiger partial charge on any atom is 0.418 e. The number of benzene rings is 2. The first-order valence-electron chi connectivity index (χ1n) is 8.73. The summed E-state index contributed by atoms with van der Waals surface area (Å²) in [5.74, 6) is -0.648. The smallest absolute Gasteiger partial charge is 0.418 e. The summed E-state index contributed by atoms with van der Waals surface area (Å²) >= 11 is 5.93. The van der Waals surface area contributed by atoms with Crippen LogP contribution in [0.3, 0.4) is 0 Å². The monoisotopic (exact) mass is 461 g/mol. The minimum absolute atomic E-state index is 0.103. The summed E-state index contributed by atoms with van der Waals surface area (Å²) in [5.41, 5.74) is -2.84. The number of carbonyl (C=O) groups excluding carboxylic acids is 1. The Morgan fingerprint density at radius 1 is 1.19 bits per heavy atom. The number of non-ortho nitro benzene ring substituents is 1. The molecule has 0 fully saturated rings. The number of amides is 1. The van der Waals surface area contributed by atoms with Crippen LogP contribution < -0.4 is 5.32 Å². The van der Waals surface area contributed by atoms with Crippen molar-refractivity contribution in [3.63, 3.8) is 0 Å². The number of halogens is 4. The lowest BCUT2D eigenvalue weighted by Gasteiger charge is -2.13. The van der Waals surface area contributed by atoms with Gasteiger partial charge in [-0.25, -0.2) is 0 Å². The van der Waals surface area contributed by atoms with E-state index in [9.17, 15) is 33.3 Å². The Morgan fingerprint density at radius 2 is 1.94 bits per heavy atom. The van der Waals surface area contributed by atoms with Gasteiger partial charge in [-0.1, -0.05) is 23.7 Å². The third kappa shape index (κ3) is 5.14. The molecule has 1 amide bonds. The maximum atomic E-state index is 13.3. The lowest BCUT2D eigenvalue weighted by atomic mass is 10.1. The first-order valence-corrected chi connectivity index (χ1v) is 9.11. The largest absolute Gasteiger partial charge is 0.457 e. The van der Waals surface area contributed by atoms with Crippen molar-refractivity contribution < 1.29 is 27.3 Å². The zero-order chi connectivity index (χ0) is 23.5. The van der Waals surface area contributed by atoms with Crippen molar-refractivity contribution in [2.75, 3.05) is 5.32 Å². The summed E-state index contributed by atoms with van der Waals surface area (Å²) in [6.45, 7) is 0. The molecule has 0 aliphatic heterocycles. The second-order valence-electron chi connectivity index (χ2n) is 6.32. The van der Waals surface area contributed by atoms with E-state index in [-0.39, 0.29) is 5.76 Å². The molecule has 1 heterocycles. The van der Waals surface area contributed by atoms with Crippen LogP contribution in [0.15, 0.2) is 64.6 Å². The summed E-state index contributed by atoms with van der Waals surface area (Å²) < 4.78 is 45.4. The third-order valence-electron chi connectivity index (χ3n) is 4.16. The van der Waals surface area contributed by atoms with Gasteiger partial charge in [-0.3, -0.25) is 14.9 Å². The van der Waals surface area contributed by atoms with Gasteiger partial charge < -0.3 is 9.73 Å². The Morgan fingerprint density at radius 3 is 2.56 bits per heavy atom. The fourth-order valence-electron chi connectivity index (χ4n) is 2.70. The number of furan rings is 1. The number of nitriles is 1. The number of nitro groups is 1. The second-order valence-corrected chi connectivity index (χ2v) is 6.76. The predicted molar refractivity (Wildman–Crippen MR) is 109 cm³/mol. The van der Waals surface area contributed by atoms with Gasteiger partial charge in [0.15, 0.2) is 0 Å². The van der Waals surface area contributed by atoms with Crippen LogP contribution in [0.2, 0.25) is 5.02 Å². The molecule has 11 heteroatoms. The van der Waals surface area contributed by atoms with E-state index >= 15 is 0 Å². The van der Waals surface area contributed by atoms with Crippen LogP contribution in [0.4, 0.5) is 24.5 Å². The van der Waals surface area contributed by atoms with Crippen molar-refractivity contribution in [3.8, 4) is 17.4 Å². The van der Waals surface area contributed by atoms with E-state index < -0.39 is 39.5 Å². The standard InChI is InChI=1S/C21H11ClF3N3O4/c22-14-3-1-2-12(8-14)19-7-5-16(32-19)9-13(11-26)20(29)27-18-6-4-15(28(30)31)10-17(18)21(23,24)25/h1-10H,(H,27,29)/b13-9+. The quantitative estimate of drug-likeness (QED) is 0.214. The molecule has 32 heavy (non-hydrogen) atoms. The van der Waals surface area contributed by atoms with E-state index in [1.165, 1.54) is 6.07 Å². The molecule has 3 aromatic rings. The van der Waals surface area contributed by atoms with E-state index in [1.54, 1.807) is 36.4 Å². The highest BCUT2D eigenvalue weighted by Gasteiger charge is 2.36. The summed E-state index contributed by atoms with van der Waals surface area (Å²) in [5, 5.41) is 22.5. The molecule has 0 aliphatic carbocycles. The number of hydrogen-bond donors (Lipinski definition) is 1. The highest BCUT2D eigenvalue weighted by molar-refractivity contribution is 6.30. The van der Waals surface area contributed by atoms with Crippen molar-refractivity contribution in [1.29, 1.82) is 5.26 Å². The van der Waals surface area contributed by atoms with Crippen molar-refractivity contribution in [2.45, 2.75) is 6.18 Å². The Hall–Kier alpha value is -4.10. The van der Waals surface area contributed by atoms with Gasteiger partial charge in [0, 0.05) is 28.8 Å². The van der Waals surface area contributed by atoms with Gasteiger partial charge in [0.25, 0.3) is 11.6 Å². The predicted octanol–water partition coefficient (Wildman–Crippen LogP) is 6.07. The molecule has 1 aromatic heterocycles. The first kappa shape index (κ1) is 22.6. The molecule has 0 saturated carbocycles. The SMILES string of the molecule is N#C/C(=C\c1ccc(-c2cccc(Cl)c2)o1)C(=O)Nc1ccc([N+](=O)[O-])cc1C(F)(F)F. The van der Waals surface area contributed by atoms with Crippen LogP contribution in [-0.2, 0) is 11.0 Å². The van der Waals surface area contributed by atoms with Gasteiger partial charge in [-0.15, -0.1) is 0 Å². The third-order valence-corrected chi connectivity index (χ3v) is 4.39. The molecule has 0 radical (unpaired) electrons. The van der Waals surface area contributed by atoms with E-state index in [2.05, 4.69) is 0 Å². The van der Waals surface area contributed by atoms with E-state index in [1.807, 2.05) is 5.32 Å². The molecule has 0 atom stereocenters. The lowest BCUT2D eigenvalue weighted by Crippen LogP contribution is -2.18. The number of hydrogen-bond acceptors (Lipinski definition) is 5. The molecule has 2 aromatic carbocycles. The van der Waals surface area contributed by atoms with Crippen LogP contribution in [0.25, 0.3) is 17.4 Å². The van der Waals surface area contributed by atoms with Crippen molar-refractivity contribution in [1.82, 2.24) is 0 Å². The normalized spacial score (nSPS) is 11.7. The summed E-state index contributed by atoms with van der Waals surface area (Å²) in [7, 11) is 0. The van der Waals surface area contributed by atoms with Crippen LogP contribution in [0, 0.1) is 21.4 Å². The topological polar surface area (TPSA) is 109 Å². The number of nitro benzene ring substituents is 1. The Bertz CT molecular complexity index is 1280.